The van der Waals surface area contributed by atoms with Gasteiger partial charge in [0.15, 0.2) is 0 Å². The van der Waals surface area contributed by atoms with E-state index in [9.17, 15) is 4.79 Å². The molecule has 0 saturated carbocycles. The van der Waals surface area contributed by atoms with Crippen molar-refractivity contribution in [2.45, 2.75) is 38.8 Å². The van der Waals surface area contributed by atoms with Gasteiger partial charge < -0.3 is 4.90 Å². The van der Waals surface area contributed by atoms with E-state index in [1.54, 1.807) is 0 Å². The summed E-state index contributed by atoms with van der Waals surface area (Å²) >= 11 is 0. The van der Waals surface area contributed by atoms with Crippen molar-refractivity contribution in [2.75, 3.05) is 19.6 Å². The predicted molar refractivity (Wildman–Crippen MR) is 84.8 cm³/mol. The summed E-state index contributed by atoms with van der Waals surface area (Å²) in [5, 5.41) is 0. The Morgan fingerprint density at radius 3 is 2.76 bits per heavy atom. The number of hydrogen-bond acceptors (Lipinski definition) is 2. The highest BCUT2D eigenvalue weighted by atomic mass is 16.2. The maximum Gasteiger partial charge on any atom is 0.240 e. The Kier molecular flexibility index (Phi) is 4.39. The van der Waals surface area contributed by atoms with Crippen LogP contribution in [0.4, 0.5) is 0 Å². The van der Waals surface area contributed by atoms with Crippen LogP contribution in [0, 0.1) is 0 Å². The molecule has 1 saturated heterocycles. The second kappa shape index (κ2) is 6.44. The van der Waals surface area contributed by atoms with E-state index in [1.807, 2.05) is 11.0 Å². The summed E-state index contributed by atoms with van der Waals surface area (Å²) < 4.78 is 0. The van der Waals surface area contributed by atoms with E-state index in [0.717, 1.165) is 45.4 Å². The Labute approximate surface area is 127 Å². The van der Waals surface area contributed by atoms with Crippen LogP contribution in [0.1, 0.15) is 31.7 Å². The lowest BCUT2D eigenvalue weighted by molar-refractivity contribution is -0.135. The zero-order valence-electron chi connectivity index (χ0n) is 12.8. The molecule has 2 aliphatic heterocycles. The van der Waals surface area contributed by atoms with Crippen LogP contribution in [0.15, 0.2) is 42.0 Å². The summed E-state index contributed by atoms with van der Waals surface area (Å²) in [4.78, 5) is 17.1. The molecule has 1 aromatic carbocycles. The average Bonchev–Trinajstić information content (AvgIpc) is 2.96. The number of hydrogen-bond donors (Lipinski definition) is 0. The second-order valence-electron chi connectivity index (χ2n) is 6.20. The SMILES string of the molecule is CC1=CCN(C(=O)[C@@H]2CCCN2Cc2ccccc2)CC1. The highest BCUT2D eigenvalue weighted by Crippen LogP contribution is 2.23. The number of amides is 1. The molecule has 0 N–H and O–H groups in total. The molecule has 112 valence electrons. The van der Waals surface area contributed by atoms with E-state index >= 15 is 0 Å². The van der Waals surface area contributed by atoms with Crippen molar-refractivity contribution < 1.29 is 4.79 Å². The normalized spacial score (nSPS) is 23.2. The zero-order chi connectivity index (χ0) is 14.7. The number of benzene rings is 1. The maximum atomic E-state index is 12.8. The fourth-order valence-corrected chi connectivity index (χ4v) is 3.29. The Morgan fingerprint density at radius 1 is 1.24 bits per heavy atom. The van der Waals surface area contributed by atoms with Gasteiger partial charge in [0.2, 0.25) is 5.91 Å². The van der Waals surface area contributed by atoms with Crippen LogP contribution in [0.3, 0.4) is 0 Å². The number of rotatable bonds is 3. The molecule has 0 bridgehead atoms. The van der Waals surface area contributed by atoms with E-state index in [4.69, 9.17) is 0 Å². The molecule has 21 heavy (non-hydrogen) atoms. The summed E-state index contributed by atoms with van der Waals surface area (Å²) in [7, 11) is 0. The minimum absolute atomic E-state index is 0.0806. The first-order valence-corrected chi connectivity index (χ1v) is 7.96. The van der Waals surface area contributed by atoms with Gasteiger partial charge in [0, 0.05) is 19.6 Å². The fourth-order valence-electron chi connectivity index (χ4n) is 3.29. The summed E-state index contributed by atoms with van der Waals surface area (Å²) in [6.07, 6.45) is 5.35. The molecule has 1 aromatic rings. The van der Waals surface area contributed by atoms with Crippen LogP contribution in [-0.2, 0) is 11.3 Å². The molecule has 0 spiro atoms. The smallest absolute Gasteiger partial charge is 0.240 e. The third-order valence-electron chi connectivity index (χ3n) is 4.63. The van der Waals surface area contributed by atoms with E-state index < -0.39 is 0 Å². The number of carbonyl (C=O) groups excluding carboxylic acids is 1. The van der Waals surface area contributed by atoms with E-state index in [-0.39, 0.29) is 6.04 Å². The van der Waals surface area contributed by atoms with Gasteiger partial charge in [-0.1, -0.05) is 42.0 Å². The lowest BCUT2D eigenvalue weighted by Crippen LogP contribution is -2.46. The highest BCUT2D eigenvalue weighted by Gasteiger charge is 2.33. The molecule has 1 fully saturated rings. The predicted octanol–water partition coefficient (Wildman–Crippen LogP) is 2.83. The summed E-state index contributed by atoms with van der Waals surface area (Å²) in [6.45, 7) is 5.75. The molecule has 2 heterocycles. The second-order valence-corrected chi connectivity index (χ2v) is 6.20. The molecule has 0 aromatic heterocycles. The van der Waals surface area contributed by atoms with Crippen LogP contribution in [0.25, 0.3) is 0 Å². The summed E-state index contributed by atoms with van der Waals surface area (Å²) in [6, 6.07) is 10.6. The molecular formula is C18H24N2O. The molecule has 1 atom stereocenters. The summed E-state index contributed by atoms with van der Waals surface area (Å²) in [5.41, 5.74) is 2.71. The Morgan fingerprint density at radius 2 is 2.05 bits per heavy atom. The topological polar surface area (TPSA) is 23.6 Å². The van der Waals surface area contributed by atoms with E-state index in [2.05, 4.69) is 42.2 Å². The van der Waals surface area contributed by atoms with Crippen LogP contribution in [0.5, 0.6) is 0 Å². The van der Waals surface area contributed by atoms with Gasteiger partial charge in [-0.3, -0.25) is 9.69 Å². The van der Waals surface area contributed by atoms with Gasteiger partial charge in [0.1, 0.15) is 0 Å². The first-order valence-electron chi connectivity index (χ1n) is 7.96. The molecule has 3 rings (SSSR count). The van der Waals surface area contributed by atoms with Gasteiger partial charge in [-0.05, 0) is 38.3 Å². The standard InChI is InChI=1S/C18H24N2O/c1-15-9-12-19(13-10-15)18(21)17-8-5-11-20(17)14-16-6-3-2-4-7-16/h2-4,6-7,9,17H,5,8,10-14H2,1H3/t17-/m0/s1. The van der Waals surface area contributed by atoms with E-state index in [1.165, 1.54) is 11.1 Å². The van der Waals surface area contributed by atoms with Crippen molar-refractivity contribution in [3.05, 3.63) is 47.5 Å². The fraction of sp³-hybridized carbons (Fsp3) is 0.500. The molecule has 2 aliphatic rings. The largest absolute Gasteiger partial charge is 0.337 e. The van der Waals surface area contributed by atoms with Crippen molar-refractivity contribution >= 4 is 5.91 Å². The third kappa shape index (κ3) is 3.35. The van der Waals surface area contributed by atoms with Crippen LogP contribution in [-0.4, -0.2) is 41.4 Å². The number of carbonyl (C=O) groups is 1. The molecular weight excluding hydrogens is 260 g/mol. The van der Waals surface area contributed by atoms with Crippen molar-refractivity contribution in [1.29, 1.82) is 0 Å². The van der Waals surface area contributed by atoms with Gasteiger partial charge in [0.25, 0.3) is 0 Å². The quantitative estimate of drug-likeness (QED) is 0.797. The molecule has 1 amide bonds. The Hall–Kier alpha value is -1.61. The van der Waals surface area contributed by atoms with Crippen molar-refractivity contribution in [3.8, 4) is 0 Å². The zero-order valence-corrected chi connectivity index (χ0v) is 12.8. The van der Waals surface area contributed by atoms with Gasteiger partial charge in [-0.2, -0.15) is 0 Å². The Bertz CT molecular complexity index is 523. The first kappa shape index (κ1) is 14.3. The van der Waals surface area contributed by atoms with Crippen molar-refractivity contribution in [3.63, 3.8) is 0 Å². The molecule has 0 aliphatic carbocycles. The minimum Gasteiger partial charge on any atom is -0.337 e. The maximum absolute atomic E-state index is 12.8. The van der Waals surface area contributed by atoms with Gasteiger partial charge in [-0.15, -0.1) is 0 Å². The van der Waals surface area contributed by atoms with Crippen molar-refractivity contribution in [2.24, 2.45) is 0 Å². The van der Waals surface area contributed by atoms with Crippen LogP contribution >= 0.6 is 0 Å². The third-order valence-corrected chi connectivity index (χ3v) is 4.63. The number of likely N-dealkylation sites (tertiary alicyclic amines) is 1. The van der Waals surface area contributed by atoms with Crippen molar-refractivity contribution in [1.82, 2.24) is 9.80 Å². The molecule has 3 nitrogen and oxygen atoms in total. The van der Waals surface area contributed by atoms with Gasteiger partial charge >= 0.3 is 0 Å². The minimum atomic E-state index is 0.0806. The molecule has 0 unspecified atom stereocenters. The van der Waals surface area contributed by atoms with Crippen LogP contribution in [0.2, 0.25) is 0 Å². The Balaban J connectivity index is 1.65. The van der Waals surface area contributed by atoms with Gasteiger partial charge in [-0.25, -0.2) is 0 Å². The first-order chi connectivity index (χ1) is 10.2. The number of nitrogens with zero attached hydrogens (tertiary/aromatic N) is 2. The average molecular weight is 284 g/mol. The molecule has 3 heteroatoms. The molecule has 0 radical (unpaired) electrons. The van der Waals surface area contributed by atoms with Gasteiger partial charge in [0.05, 0.1) is 6.04 Å². The monoisotopic (exact) mass is 284 g/mol. The highest BCUT2D eigenvalue weighted by molar-refractivity contribution is 5.82. The van der Waals surface area contributed by atoms with Crippen LogP contribution < -0.4 is 0 Å². The van der Waals surface area contributed by atoms with E-state index in [0.29, 0.717) is 5.91 Å². The lowest BCUT2D eigenvalue weighted by Gasteiger charge is -2.31. The summed E-state index contributed by atoms with van der Waals surface area (Å²) in [5.74, 6) is 0.326. The lowest BCUT2D eigenvalue weighted by atomic mass is 10.1.